The molecule has 25 heavy (non-hydrogen) atoms. The van der Waals surface area contributed by atoms with Crippen molar-refractivity contribution < 1.29 is 4.79 Å². The highest BCUT2D eigenvalue weighted by molar-refractivity contribution is 7.99. The first kappa shape index (κ1) is 18.9. The van der Waals surface area contributed by atoms with E-state index < -0.39 is 0 Å². The fourth-order valence-electron chi connectivity index (χ4n) is 2.07. The number of hydrogen-bond acceptors (Lipinski definition) is 3. The van der Waals surface area contributed by atoms with E-state index in [1.54, 1.807) is 11.8 Å². The first-order chi connectivity index (χ1) is 12.3. The molecule has 0 aliphatic carbocycles. The molecule has 0 spiro atoms. The van der Waals surface area contributed by atoms with Gasteiger partial charge in [-0.15, -0.1) is 11.8 Å². The molecular formula is C19H24N4OS. The van der Waals surface area contributed by atoms with E-state index in [-0.39, 0.29) is 12.5 Å². The maximum atomic E-state index is 12.0. The molecule has 0 atom stereocenters. The van der Waals surface area contributed by atoms with E-state index in [1.807, 2.05) is 55.5 Å². The van der Waals surface area contributed by atoms with Crippen LogP contribution in [0.3, 0.4) is 0 Å². The van der Waals surface area contributed by atoms with E-state index in [9.17, 15) is 4.79 Å². The number of benzene rings is 2. The monoisotopic (exact) mass is 356 g/mol. The standard InChI is InChI=1S/C19H24N4OS/c1-2-20-19(21-13-14-25-17-11-7-4-8-12-17)22-15-18(24)23-16-9-5-3-6-10-16/h3-12H,2,13-15H2,1H3,(H,23,24)(H2,20,21,22). The molecule has 0 saturated carbocycles. The van der Waals surface area contributed by atoms with Crippen LogP contribution in [0.4, 0.5) is 5.69 Å². The lowest BCUT2D eigenvalue weighted by atomic mass is 10.3. The zero-order valence-corrected chi connectivity index (χ0v) is 15.2. The van der Waals surface area contributed by atoms with Crippen LogP contribution in [-0.4, -0.2) is 37.3 Å². The molecule has 0 fully saturated rings. The highest BCUT2D eigenvalue weighted by atomic mass is 32.2. The predicted octanol–water partition coefficient (Wildman–Crippen LogP) is 2.97. The maximum absolute atomic E-state index is 12.0. The average molecular weight is 356 g/mol. The van der Waals surface area contributed by atoms with Crippen LogP contribution < -0.4 is 16.0 Å². The smallest absolute Gasteiger partial charge is 0.246 e. The molecule has 132 valence electrons. The fourth-order valence-corrected chi connectivity index (χ4v) is 2.86. The molecule has 0 unspecified atom stereocenters. The van der Waals surface area contributed by atoms with Crippen molar-refractivity contribution in [2.24, 2.45) is 4.99 Å². The van der Waals surface area contributed by atoms with E-state index in [1.165, 1.54) is 4.90 Å². The first-order valence-corrected chi connectivity index (χ1v) is 9.31. The Bertz CT molecular complexity index is 662. The molecule has 0 heterocycles. The van der Waals surface area contributed by atoms with Crippen LogP contribution in [0, 0.1) is 0 Å². The Hall–Kier alpha value is -2.47. The molecule has 0 aliphatic heterocycles. The largest absolute Gasteiger partial charge is 0.357 e. The molecule has 1 amide bonds. The molecule has 0 aliphatic rings. The summed E-state index contributed by atoms with van der Waals surface area (Å²) < 4.78 is 0. The lowest BCUT2D eigenvalue weighted by Gasteiger charge is -2.11. The van der Waals surface area contributed by atoms with Crippen molar-refractivity contribution in [1.29, 1.82) is 0 Å². The van der Waals surface area contributed by atoms with Crippen molar-refractivity contribution in [3.8, 4) is 0 Å². The number of amides is 1. The van der Waals surface area contributed by atoms with Crippen molar-refractivity contribution in [2.75, 3.05) is 30.7 Å². The van der Waals surface area contributed by atoms with Crippen molar-refractivity contribution in [3.63, 3.8) is 0 Å². The van der Waals surface area contributed by atoms with Gasteiger partial charge in [-0.2, -0.15) is 0 Å². The molecule has 2 aromatic rings. The third kappa shape index (κ3) is 7.76. The Morgan fingerprint density at radius 1 is 1.00 bits per heavy atom. The normalized spacial score (nSPS) is 11.0. The van der Waals surface area contributed by atoms with Crippen molar-refractivity contribution in [1.82, 2.24) is 10.6 Å². The van der Waals surface area contributed by atoms with Gasteiger partial charge in [-0.05, 0) is 31.2 Å². The summed E-state index contributed by atoms with van der Waals surface area (Å²) in [6, 6.07) is 19.7. The number of aliphatic imine (C=N–C) groups is 1. The van der Waals surface area contributed by atoms with Gasteiger partial charge in [0.05, 0.1) is 0 Å². The van der Waals surface area contributed by atoms with Crippen molar-refractivity contribution in [2.45, 2.75) is 11.8 Å². The summed E-state index contributed by atoms with van der Waals surface area (Å²) in [5.74, 6) is 1.44. The van der Waals surface area contributed by atoms with Crippen molar-refractivity contribution in [3.05, 3.63) is 60.7 Å². The molecule has 0 saturated heterocycles. The average Bonchev–Trinajstić information content (AvgIpc) is 2.65. The molecule has 6 heteroatoms. The second kappa shape index (κ2) is 11.1. The number of thioether (sulfide) groups is 1. The van der Waals surface area contributed by atoms with Gasteiger partial charge in [0.1, 0.15) is 6.54 Å². The summed E-state index contributed by atoms with van der Waals surface area (Å²) in [6.45, 7) is 3.60. The Balaban J connectivity index is 1.74. The van der Waals surface area contributed by atoms with E-state index in [4.69, 9.17) is 0 Å². The minimum absolute atomic E-state index is 0.0794. The summed E-state index contributed by atoms with van der Waals surface area (Å²) in [6.07, 6.45) is 0. The number of anilines is 1. The number of hydrogen-bond donors (Lipinski definition) is 3. The molecule has 0 radical (unpaired) electrons. The molecule has 2 aromatic carbocycles. The third-order valence-electron chi connectivity index (χ3n) is 3.19. The van der Waals surface area contributed by atoms with Crippen LogP contribution in [0.5, 0.6) is 0 Å². The molecule has 3 N–H and O–H groups in total. The number of nitrogens with one attached hydrogen (secondary N) is 3. The number of carbonyl (C=O) groups is 1. The maximum Gasteiger partial charge on any atom is 0.246 e. The molecule has 2 rings (SSSR count). The molecule has 5 nitrogen and oxygen atoms in total. The molecule has 0 bridgehead atoms. The second-order valence-electron chi connectivity index (χ2n) is 5.20. The van der Waals surface area contributed by atoms with Gasteiger partial charge < -0.3 is 16.0 Å². The third-order valence-corrected chi connectivity index (χ3v) is 4.20. The van der Waals surface area contributed by atoms with Gasteiger partial charge in [0.2, 0.25) is 5.91 Å². The molecular weight excluding hydrogens is 332 g/mol. The van der Waals surface area contributed by atoms with E-state index in [0.717, 1.165) is 24.5 Å². The Kier molecular flexibility index (Phi) is 8.41. The highest BCUT2D eigenvalue weighted by Crippen LogP contribution is 2.15. The topological polar surface area (TPSA) is 65.5 Å². The zero-order chi connectivity index (χ0) is 17.7. The van der Waals surface area contributed by atoms with E-state index in [0.29, 0.717) is 5.96 Å². The lowest BCUT2D eigenvalue weighted by Crippen LogP contribution is -2.39. The summed E-state index contributed by atoms with van der Waals surface area (Å²) in [5.41, 5.74) is 0.778. The Labute approximate surface area is 153 Å². The van der Waals surface area contributed by atoms with Gasteiger partial charge in [0.15, 0.2) is 5.96 Å². The van der Waals surface area contributed by atoms with Crippen LogP contribution in [-0.2, 0) is 4.79 Å². The minimum Gasteiger partial charge on any atom is -0.357 e. The zero-order valence-electron chi connectivity index (χ0n) is 14.4. The number of para-hydroxylation sites is 1. The molecule has 0 aromatic heterocycles. The lowest BCUT2D eigenvalue weighted by molar-refractivity contribution is -0.114. The number of nitrogens with zero attached hydrogens (tertiary/aromatic N) is 1. The van der Waals surface area contributed by atoms with Crippen LogP contribution >= 0.6 is 11.8 Å². The Morgan fingerprint density at radius 2 is 1.68 bits per heavy atom. The predicted molar refractivity (Wildman–Crippen MR) is 106 cm³/mol. The second-order valence-corrected chi connectivity index (χ2v) is 6.37. The quantitative estimate of drug-likeness (QED) is 0.294. The van der Waals surface area contributed by atoms with E-state index >= 15 is 0 Å². The van der Waals surface area contributed by atoms with Gasteiger partial charge in [-0.25, -0.2) is 4.99 Å². The summed E-state index contributed by atoms with van der Waals surface area (Å²) in [4.78, 5) is 17.5. The number of guanidine groups is 1. The highest BCUT2D eigenvalue weighted by Gasteiger charge is 2.03. The van der Waals surface area contributed by atoms with Gasteiger partial charge in [-0.3, -0.25) is 4.79 Å². The SMILES string of the molecule is CCNC(=NCC(=O)Nc1ccccc1)NCCSc1ccccc1. The summed E-state index contributed by atoms with van der Waals surface area (Å²) in [7, 11) is 0. The first-order valence-electron chi connectivity index (χ1n) is 8.33. The van der Waals surface area contributed by atoms with Gasteiger partial charge >= 0.3 is 0 Å². The van der Waals surface area contributed by atoms with Crippen LogP contribution in [0.25, 0.3) is 0 Å². The summed E-state index contributed by atoms with van der Waals surface area (Å²) >= 11 is 1.78. The van der Waals surface area contributed by atoms with Crippen molar-refractivity contribution >= 4 is 29.3 Å². The van der Waals surface area contributed by atoms with Gasteiger partial charge in [0, 0.05) is 29.4 Å². The van der Waals surface area contributed by atoms with E-state index in [2.05, 4.69) is 33.1 Å². The van der Waals surface area contributed by atoms with Crippen LogP contribution in [0.15, 0.2) is 70.6 Å². The van der Waals surface area contributed by atoms with Gasteiger partial charge in [-0.1, -0.05) is 36.4 Å². The number of carbonyl (C=O) groups excluding carboxylic acids is 1. The fraction of sp³-hybridized carbons (Fsp3) is 0.263. The number of rotatable bonds is 8. The minimum atomic E-state index is -0.137. The summed E-state index contributed by atoms with van der Waals surface area (Å²) in [5, 5.41) is 9.22. The van der Waals surface area contributed by atoms with Gasteiger partial charge in [0.25, 0.3) is 0 Å². The van der Waals surface area contributed by atoms with Crippen LogP contribution in [0.2, 0.25) is 0 Å². The Morgan fingerprint density at radius 3 is 2.36 bits per heavy atom. The van der Waals surface area contributed by atoms with Crippen LogP contribution in [0.1, 0.15) is 6.92 Å².